The molecule has 0 fully saturated rings. The van der Waals surface area contributed by atoms with Crippen LogP contribution in [0, 0.1) is 3.57 Å². The lowest BCUT2D eigenvalue weighted by Gasteiger charge is -2.15. The summed E-state index contributed by atoms with van der Waals surface area (Å²) in [6.45, 7) is 3.02. The van der Waals surface area contributed by atoms with Crippen molar-refractivity contribution in [3.05, 3.63) is 60.3 Å². The van der Waals surface area contributed by atoms with Gasteiger partial charge in [-0.2, -0.15) is 0 Å². The summed E-state index contributed by atoms with van der Waals surface area (Å²) in [6, 6.07) is 9.63. The predicted octanol–water partition coefficient (Wildman–Crippen LogP) is 5.84. The summed E-state index contributed by atoms with van der Waals surface area (Å²) in [7, 11) is 0. The third-order valence-electron chi connectivity index (χ3n) is 6.23. The van der Waals surface area contributed by atoms with Gasteiger partial charge in [-0.25, -0.2) is 4.98 Å². The molecule has 0 spiro atoms. The number of aromatic nitrogens is 2. The van der Waals surface area contributed by atoms with Crippen molar-refractivity contribution in [2.45, 2.75) is 39.2 Å². The smallest absolute Gasteiger partial charge is 0.260 e. The lowest BCUT2D eigenvalue weighted by Crippen LogP contribution is -2.11. The molecule has 0 radical (unpaired) electrons. The molecule has 0 saturated heterocycles. The van der Waals surface area contributed by atoms with E-state index in [4.69, 9.17) is 23.9 Å². The number of nitrogens with one attached hydrogen (secondary N) is 1. The van der Waals surface area contributed by atoms with Gasteiger partial charge in [-0.15, -0.1) is 11.3 Å². The quantitative estimate of drug-likeness (QED) is 0.280. The van der Waals surface area contributed by atoms with Crippen LogP contribution in [0.25, 0.3) is 21.6 Å². The Morgan fingerprint density at radius 2 is 1.97 bits per heavy atom. The molecule has 0 saturated carbocycles. The summed E-state index contributed by atoms with van der Waals surface area (Å²) in [5.41, 5.74) is 2.88. The molecule has 1 aliphatic heterocycles. The number of aryl methyl sites for hydroxylation is 2. The monoisotopic (exact) mass is 602 g/mol. The van der Waals surface area contributed by atoms with Gasteiger partial charge < -0.3 is 23.9 Å². The second-order valence-corrected chi connectivity index (χ2v) is 10.7. The largest absolute Gasteiger partial charge is 0.490 e. The summed E-state index contributed by atoms with van der Waals surface area (Å²) in [6.07, 6.45) is 4.30. The third kappa shape index (κ3) is 4.24. The molecule has 2 aromatic heterocycles. The number of hydrogen-bond donors (Lipinski definition) is 1. The van der Waals surface area contributed by atoms with E-state index in [0.717, 1.165) is 55.7 Å². The van der Waals surface area contributed by atoms with Crippen molar-refractivity contribution in [2.75, 3.05) is 13.4 Å². The highest BCUT2D eigenvalue weighted by Crippen LogP contribution is 2.39. The maximum atomic E-state index is 13.0. The first kappa shape index (κ1) is 22.7. The number of halogens is 1. The van der Waals surface area contributed by atoms with Crippen LogP contribution in [0.2, 0.25) is 0 Å². The molecule has 0 unspecified atom stereocenters. The maximum absolute atomic E-state index is 13.0. The van der Waals surface area contributed by atoms with Crippen LogP contribution in [-0.2, 0) is 19.4 Å². The molecule has 0 bridgehead atoms. The molecule has 0 atom stereocenters. The van der Waals surface area contributed by atoms with Crippen molar-refractivity contribution in [1.82, 2.24) is 9.97 Å². The maximum Gasteiger partial charge on any atom is 0.260 e. The molecule has 4 aromatic rings. The Kier molecular flexibility index (Phi) is 6.05. The zero-order chi connectivity index (χ0) is 23.9. The van der Waals surface area contributed by atoms with Crippen molar-refractivity contribution in [1.29, 1.82) is 0 Å². The average Bonchev–Trinajstić information content (AvgIpc) is 3.47. The number of nitrogens with zero attached hydrogens (tertiary/aromatic N) is 1. The van der Waals surface area contributed by atoms with Crippen molar-refractivity contribution in [2.24, 2.45) is 0 Å². The van der Waals surface area contributed by atoms with Gasteiger partial charge in [0.25, 0.3) is 5.56 Å². The number of H-pyrrole nitrogens is 1. The van der Waals surface area contributed by atoms with E-state index in [2.05, 4.69) is 27.6 Å². The standard InChI is InChI=1S/C26H23IN2O5S/c1-2-31-20-11-15(24-28-25(30)22-16-5-3-4-6-21(16)35-26(22)29-24)10-17(27)23(20)32-12-14-7-8-18-19(9-14)34-13-33-18/h7-11H,2-6,12-13H2,1H3,(H,28,29,30). The van der Waals surface area contributed by atoms with Gasteiger partial charge in [0.05, 0.1) is 15.6 Å². The van der Waals surface area contributed by atoms with E-state index in [-0.39, 0.29) is 12.4 Å². The van der Waals surface area contributed by atoms with Crippen LogP contribution in [0.1, 0.15) is 35.8 Å². The topological polar surface area (TPSA) is 82.7 Å². The van der Waals surface area contributed by atoms with Gasteiger partial charge >= 0.3 is 0 Å². The van der Waals surface area contributed by atoms with E-state index in [9.17, 15) is 4.79 Å². The molecule has 6 rings (SSSR count). The highest BCUT2D eigenvalue weighted by Gasteiger charge is 2.21. The Labute approximate surface area is 219 Å². The van der Waals surface area contributed by atoms with Crippen LogP contribution in [0.15, 0.2) is 35.1 Å². The van der Waals surface area contributed by atoms with E-state index in [1.165, 1.54) is 16.9 Å². The molecule has 9 heteroatoms. The Bertz CT molecular complexity index is 1500. The normalized spacial score (nSPS) is 14.2. The average molecular weight is 602 g/mol. The molecule has 1 N–H and O–H groups in total. The number of rotatable bonds is 6. The van der Waals surface area contributed by atoms with E-state index < -0.39 is 0 Å². The van der Waals surface area contributed by atoms with Gasteiger partial charge in [0.2, 0.25) is 6.79 Å². The van der Waals surface area contributed by atoms with Gasteiger partial charge in [-0.05, 0) is 90.6 Å². The van der Waals surface area contributed by atoms with Crippen LogP contribution in [0.3, 0.4) is 0 Å². The summed E-state index contributed by atoms with van der Waals surface area (Å²) in [5.74, 6) is 3.28. The highest BCUT2D eigenvalue weighted by molar-refractivity contribution is 14.1. The van der Waals surface area contributed by atoms with Crippen molar-refractivity contribution in [3.63, 3.8) is 0 Å². The molecular weight excluding hydrogens is 579 g/mol. The molecule has 7 nitrogen and oxygen atoms in total. The SMILES string of the molecule is CCOc1cc(-c2nc3sc4c(c3c(=O)[nH]2)CCCC4)cc(I)c1OCc1ccc2c(c1)OCO2. The molecule has 2 aliphatic rings. The fraction of sp³-hybridized carbons (Fsp3) is 0.308. The first-order valence-corrected chi connectivity index (χ1v) is 13.5. The minimum atomic E-state index is -0.0690. The molecule has 0 amide bonds. The van der Waals surface area contributed by atoms with E-state index in [0.29, 0.717) is 30.5 Å². The molecule has 35 heavy (non-hydrogen) atoms. The van der Waals surface area contributed by atoms with E-state index in [1.54, 1.807) is 11.3 Å². The molecule has 180 valence electrons. The number of thiophene rings is 1. The number of aromatic amines is 1. The second-order valence-electron chi connectivity index (χ2n) is 8.50. The van der Waals surface area contributed by atoms with Crippen molar-refractivity contribution < 1.29 is 18.9 Å². The van der Waals surface area contributed by atoms with Crippen LogP contribution < -0.4 is 24.5 Å². The summed E-state index contributed by atoms with van der Waals surface area (Å²) < 4.78 is 23.8. The van der Waals surface area contributed by atoms with Gasteiger partial charge in [0.1, 0.15) is 17.3 Å². The number of hydrogen-bond acceptors (Lipinski definition) is 7. The fourth-order valence-electron chi connectivity index (χ4n) is 4.59. The number of benzene rings is 2. The van der Waals surface area contributed by atoms with Gasteiger partial charge in [-0.1, -0.05) is 6.07 Å². The molecule has 1 aliphatic carbocycles. The van der Waals surface area contributed by atoms with Crippen molar-refractivity contribution >= 4 is 44.1 Å². The van der Waals surface area contributed by atoms with Crippen LogP contribution in [0.4, 0.5) is 0 Å². The fourth-order valence-corrected chi connectivity index (χ4v) is 6.61. The molecule has 2 aromatic carbocycles. The lowest BCUT2D eigenvalue weighted by molar-refractivity contribution is 0.174. The molecule has 3 heterocycles. The summed E-state index contributed by atoms with van der Waals surface area (Å²) >= 11 is 3.89. The predicted molar refractivity (Wildman–Crippen MR) is 143 cm³/mol. The zero-order valence-corrected chi connectivity index (χ0v) is 22.1. The lowest BCUT2D eigenvalue weighted by atomic mass is 9.97. The first-order chi connectivity index (χ1) is 17.1. The van der Waals surface area contributed by atoms with E-state index >= 15 is 0 Å². The van der Waals surface area contributed by atoms with Crippen LogP contribution >= 0.6 is 33.9 Å². The Morgan fingerprint density at radius 3 is 2.86 bits per heavy atom. The first-order valence-electron chi connectivity index (χ1n) is 11.6. The Balaban J connectivity index is 1.33. The zero-order valence-electron chi connectivity index (χ0n) is 19.1. The third-order valence-corrected chi connectivity index (χ3v) is 8.22. The van der Waals surface area contributed by atoms with E-state index in [1.807, 2.05) is 37.3 Å². The Hall–Kier alpha value is -2.79. The number of fused-ring (bicyclic) bond motifs is 4. The minimum absolute atomic E-state index is 0.0690. The van der Waals surface area contributed by atoms with Crippen LogP contribution in [-0.4, -0.2) is 23.4 Å². The number of ether oxygens (including phenoxy) is 4. The van der Waals surface area contributed by atoms with Crippen LogP contribution in [0.5, 0.6) is 23.0 Å². The second kappa shape index (κ2) is 9.34. The highest BCUT2D eigenvalue weighted by atomic mass is 127. The summed E-state index contributed by atoms with van der Waals surface area (Å²) in [5, 5.41) is 0.761. The van der Waals surface area contributed by atoms with Gasteiger partial charge in [0, 0.05) is 10.4 Å². The minimum Gasteiger partial charge on any atom is -0.490 e. The molecular formula is C26H23IN2O5S. The van der Waals surface area contributed by atoms with Gasteiger partial charge in [0.15, 0.2) is 23.0 Å². The van der Waals surface area contributed by atoms with Gasteiger partial charge in [-0.3, -0.25) is 4.79 Å². The summed E-state index contributed by atoms with van der Waals surface area (Å²) in [4.78, 5) is 23.0. The Morgan fingerprint density at radius 1 is 1.11 bits per heavy atom. The van der Waals surface area contributed by atoms with Crippen molar-refractivity contribution in [3.8, 4) is 34.4 Å².